The Bertz CT molecular complexity index is 1020. The number of anilines is 1. The number of aryl methyl sites for hydroxylation is 2. The number of unbranched alkanes of at least 4 members (excludes halogenated alkanes) is 3. The molecule has 1 aromatic heterocycles. The highest BCUT2D eigenvalue weighted by molar-refractivity contribution is 7.92. The predicted octanol–water partition coefficient (Wildman–Crippen LogP) is 5.17. The van der Waals surface area contributed by atoms with Crippen LogP contribution in [0.5, 0.6) is 5.88 Å². The molecule has 0 aliphatic rings. The molecule has 1 N–H and O–H groups in total. The van der Waals surface area contributed by atoms with Gasteiger partial charge in [0.05, 0.1) is 18.6 Å². The monoisotopic (exact) mass is 464 g/mol. The third kappa shape index (κ3) is 8.22. The molecule has 1 aromatic carbocycles. The Hall–Kier alpha value is -2.48. The van der Waals surface area contributed by atoms with E-state index in [9.17, 15) is 17.6 Å². The summed E-state index contributed by atoms with van der Waals surface area (Å²) < 4.78 is 44.9. The van der Waals surface area contributed by atoms with Crippen LogP contribution in [0.2, 0.25) is 0 Å². The lowest BCUT2D eigenvalue weighted by molar-refractivity contribution is -0.120. The van der Waals surface area contributed by atoms with Crippen molar-refractivity contribution in [2.75, 3.05) is 17.6 Å². The number of rotatable bonds is 13. The number of ether oxygens (including phenoxy) is 1. The Morgan fingerprint density at radius 1 is 1.19 bits per heavy atom. The number of pyridine rings is 1. The van der Waals surface area contributed by atoms with Gasteiger partial charge in [-0.25, -0.2) is 17.8 Å². The Kier molecular flexibility index (Phi) is 9.62. The van der Waals surface area contributed by atoms with Gasteiger partial charge in [-0.1, -0.05) is 45.2 Å². The Morgan fingerprint density at radius 3 is 2.59 bits per heavy atom. The molecule has 1 unspecified atom stereocenters. The molecular weight excluding hydrogens is 431 g/mol. The molecule has 0 spiro atoms. The molecule has 0 saturated carbocycles. The largest absolute Gasteiger partial charge is 0.477 e. The molecule has 1 heterocycles. The summed E-state index contributed by atoms with van der Waals surface area (Å²) in [6.07, 6.45) is 6.12. The second-order valence-corrected chi connectivity index (χ2v) is 9.88. The second-order valence-electron chi connectivity index (χ2n) is 8.13. The lowest BCUT2D eigenvalue weighted by Crippen LogP contribution is -2.13. The average Bonchev–Trinajstić information content (AvgIpc) is 2.72. The van der Waals surface area contributed by atoms with E-state index >= 15 is 0 Å². The number of halogens is 1. The first-order chi connectivity index (χ1) is 15.1. The van der Waals surface area contributed by atoms with Gasteiger partial charge in [-0.3, -0.25) is 9.52 Å². The summed E-state index contributed by atoms with van der Waals surface area (Å²) >= 11 is 0. The lowest BCUT2D eigenvalue weighted by Gasteiger charge is -2.14. The highest BCUT2D eigenvalue weighted by Crippen LogP contribution is 2.25. The van der Waals surface area contributed by atoms with Gasteiger partial charge in [-0.15, -0.1) is 0 Å². The van der Waals surface area contributed by atoms with Crippen molar-refractivity contribution in [2.24, 2.45) is 0 Å². The topological polar surface area (TPSA) is 85.4 Å². The molecule has 0 saturated heterocycles. The molecule has 32 heavy (non-hydrogen) atoms. The number of ketones is 1. The van der Waals surface area contributed by atoms with Gasteiger partial charge in [0.15, 0.2) is 0 Å². The van der Waals surface area contributed by atoms with E-state index in [1.807, 2.05) is 19.1 Å². The van der Waals surface area contributed by atoms with Crippen molar-refractivity contribution in [1.82, 2.24) is 4.98 Å². The van der Waals surface area contributed by atoms with Crippen LogP contribution in [0.4, 0.5) is 10.1 Å². The van der Waals surface area contributed by atoms with E-state index in [1.54, 1.807) is 13.0 Å². The van der Waals surface area contributed by atoms with Crippen LogP contribution in [0.3, 0.4) is 0 Å². The molecular formula is C24H33FN2O4S. The Balaban J connectivity index is 2.00. The zero-order valence-electron chi connectivity index (χ0n) is 19.3. The number of hydrogen-bond acceptors (Lipinski definition) is 5. The van der Waals surface area contributed by atoms with Gasteiger partial charge in [0, 0.05) is 23.6 Å². The highest BCUT2D eigenvalue weighted by atomic mass is 32.2. The summed E-state index contributed by atoms with van der Waals surface area (Å²) in [6.45, 7) is 6.38. The van der Waals surface area contributed by atoms with Gasteiger partial charge >= 0.3 is 0 Å². The third-order valence-corrected chi connectivity index (χ3v) is 5.82. The van der Waals surface area contributed by atoms with Crippen LogP contribution in [0.15, 0.2) is 30.3 Å². The minimum Gasteiger partial charge on any atom is -0.477 e. The molecule has 1 atom stereocenters. The van der Waals surface area contributed by atoms with Gasteiger partial charge in [-0.2, -0.15) is 0 Å². The SMILES string of the molecule is CCCCCCOc1nc(C)ccc1CCC(=O)C(C)c1ccc(NS(C)(=O)=O)c(F)c1. The van der Waals surface area contributed by atoms with Gasteiger partial charge in [0.2, 0.25) is 15.9 Å². The fraction of sp³-hybridized carbons (Fsp3) is 0.500. The summed E-state index contributed by atoms with van der Waals surface area (Å²) in [6, 6.07) is 7.94. The molecule has 8 heteroatoms. The summed E-state index contributed by atoms with van der Waals surface area (Å²) in [5.41, 5.74) is 2.10. The van der Waals surface area contributed by atoms with Crippen LogP contribution in [-0.2, 0) is 21.2 Å². The van der Waals surface area contributed by atoms with E-state index in [-0.39, 0.29) is 17.9 Å². The number of hydrogen-bond donors (Lipinski definition) is 1. The first-order valence-corrected chi connectivity index (χ1v) is 12.9. The van der Waals surface area contributed by atoms with Gasteiger partial charge in [0.1, 0.15) is 11.6 Å². The quantitative estimate of drug-likeness (QED) is 0.414. The standard InChI is InChI=1S/C24H33FN2O4S/c1-5-6-7-8-15-31-24-19(10-9-17(2)26-24)12-14-23(28)18(3)20-11-13-22(21(25)16-20)27-32(4,29)30/h9-11,13,16,18,27H,5-8,12,14-15H2,1-4H3. The number of Topliss-reactive ketones (excluding diaryl/α,β-unsaturated/α-hetero) is 1. The normalized spacial score (nSPS) is 12.4. The van der Waals surface area contributed by atoms with E-state index in [1.165, 1.54) is 18.6 Å². The number of nitrogens with zero attached hydrogens (tertiary/aromatic N) is 1. The summed E-state index contributed by atoms with van der Waals surface area (Å²) in [7, 11) is -3.58. The molecule has 0 amide bonds. The number of benzene rings is 1. The van der Waals surface area contributed by atoms with Crippen molar-refractivity contribution < 1.29 is 22.3 Å². The Labute approximate surface area is 190 Å². The summed E-state index contributed by atoms with van der Waals surface area (Å²) in [4.78, 5) is 17.2. The Morgan fingerprint density at radius 2 is 1.94 bits per heavy atom. The molecule has 0 radical (unpaired) electrons. The van der Waals surface area contributed by atoms with Crippen molar-refractivity contribution in [3.63, 3.8) is 0 Å². The van der Waals surface area contributed by atoms with Crippen LogP contribution in [0.1, 0.15) is 68.7 Å². The van der Waals surface area contributed by atoms with Crippen molar-refractivity contribution in [3.05, 3.63) is 53.0 Å². The number of carbonyl (C=O) groups is 1. The number of carbonyl (C=O) groups excluding carboxylic acids is 1. The maximum atomic E-state index is 14.3. The second kappa shape index (κ2) is 11.9. The van der Waals surface area contributed by atoms with Crippen LogP contribution < -0.4 is 9.46 Å². The summed E-state index contributed by atoms with van der Waals surface area (Å²) in [5, 5.41) is 0. The zero-order valence-corrected chi connectivity index (χ0v) is 20.1. The predicted molar refractivity (Wildman–Crippen MR) is 125 cm³/mol. The van der Waals surface area contributed by atoms with Crippen LogP contribution in [0.25, 0.3) is 0 Å². The average molecular weight is 465 g/mol. The van der Waals surface area contributed by atoms with Crippen molar-refractivity contribution in [2.45, 2.75) is 65.2 Å². The van der Waals surface area contributed by atoms with E-state index < -0.39 is 21.8 Å². The maximum Gasteiger partial charge on any atom is 0.229 e. The first kappa shape index (κ1) is 25.8. The van der Waals surface area contributed by atoms with E-state index in [2.05, 4.69) is 16.6 Å². The maximum absolute atomic E-state index is 14.3. The minimum atomic E-state index is -3.58. The van der Waals surface area contributed by atoms with Gasteiger partial charge < -0.3 is 4.74 Å². The van der Waals surface area contributed by atoms with Crippen LogP contribution in [0, 0.1) is 12.7 Å². The minimum absolute atomic E-state index is 0.0392. The van der Waals surface area contributed by atoms with E-state index in [0.717, 1.165) is 36.8 Å². The fourth-order valence-corrected chi connectivity index (χ4v) is 3.88. The highest BCUT2D eigenvalue weighted by Gasteiger charge is 2.19. The fourth-order valence-electron chi connectivity index (χ4n) is 3.32. The molecule has 0 bridgehead atoms. The molecule has 176 valence electrons. The lowest BCUT2D eigenvalue weighted by atomic mass is 9.93. The first-order valence-electron chi connectivity index (χ1n) is 11.0. The van der Waals surface area contributed by atoms with Crippen molar-refractivity contribution in [3.8, 4) is 5.88 Å². The van der Waals surface area contributed by atoms with E-state index in [0.29, 0.717) is 24.5 Å². The summed E-state index contributed by atoms with van der Waals surface area (Å²) in [5.74, 6) is -0.699. The third-order valence-electron chi connectivity index (χ3n) is 5.23. The number of sulfonamides is 1. The van der Waals surface area contributed by atoms with E-state index in [4.69, 9.17) is 4.74 Å². The van der Waals surface area contributed by atoms with Crippen molar-refractivity contribution in [1.29, 1.82) is 0 Å². The molecule has 2 rings (SSSR count). The van der Waals surface area contributed by atoms with Crippen LogP contribution >= 0.6 is 0 Å². The molecule has 2 aromatic rings. The molecule has 0 fully saturated rings. The smallest absolute Gasteiger partial charge is 0.229 e. The van der Waals surface area contributed by atoms with Crippen molar-refractivity contribution >= 4 is 21.5 Å². The van der Waals surface area contributed by atoms with Gasteiger partial charge in [-0.05, 0) is 43.5 Å². The van der Waals surface area contributed by atoms with Crippen LogP contribution in [-0.4, -0.2) is 32.0 Å². The molecule has 6 nitrogen and oxygen atoms in total. The van der Waals surface area contributed by atoms with Gasteiger partial charge in [0.25, 0.3) is 0 Å². The number of aromatic nitrogens is 1. The number of nitrogens with one attached hydrogen (secondary N) is 1. The molecule has 0 aliphatic heterocycles. The zero-order chi connectivity index (χ0) is 23.7. The molecule has 0 aliphatic carbocycles.